The minimum atomic E-state index is -0.364. The van der Waals surface area contributed by atoms with E-state index in [2.05, 4.69) is 0 Å². The molecule has 0 bridgehead atoms. The van der Waals surface area contributed by atoms with Crippen LogP contribution >= 0.6 is 11.6 Å². The number of halogens is 2. The van der Waals surface area contributed by atoms with Crippen LogP contribution in [0.1, 0.15) is 18.5 Å². The summed E-state index contributed by atoms with van der Waals surface area (Å²) in [7, 11) is 3.95. The average molecular weight is 202 g/mol. The van der Waals surface area contributed by atoms with E-state index < -0.39 is 0 Å². The summed E-state index contributed by atoms with van der Waals surface area (Å²) in [5.41, 5.74) is 1.02. The SMILES string of the molecule is C[C@H](c1ccc(F)c(Cl)c1)N(C)C. The Hall–Kier alpha value is -0.600. The van der Waals surface area contributed by atoms with Crippen molar-refractivity contribution in [1.82, 2.24) is 4.90 Å². The zero-order valence-electron chi connectivity index (χ0n) is 8.01. The molecule has 0 amide bonds. The Morgan fingerprint density at radius 2 is 2.00 bits per heavy atom. The Kier molecular flexibility index (Phi) is 3.28. The van der Waals surface area contributed by atoms with Crippen molar-refractivity contribution in [1.29, 1.82) is 0 Å². The first-order valence-corrected chi connectivity index (χ1v) is 4.51. The quantitative estimate of drug-likeness (QED) is 0.711. The molecule has 1 rings (SSSR count). The van der Waals surface area contributed by atoms with Gasteiger partial charge in [0.2, 0.25) is 0 Å². The lowest BCUT2D eigenvalue weighted by Crippen LogP contribution is -2.16. The van der Waals surface area contributed by atoms with Crippen molar-refractivity contribution in [3.05, 3.63) is 34.6 Å². The Morgan fingerprint density at radius 1 is 1.38 bits per heavy atom. The van der Waals surface area contributed by atoms with Gasteiger partial charge in [-0.1, -0.05) is 17.7 Å². The van der Waals surface area contributed by atoms with Gasteiger partial charge in [0.25, 0.3) is 0 Å². The fraction of sp³-hybridized carbons (Fsp3) is 0.400. The minimum absolute atomic E-state index is 0.186. The molecule has 0 saturated heterocycles. The van der Waals surface area contributed by atoms with Crippen LogP contribution in [-0.2, 0) is 0 Å². The van der Waals surface area contributed by atoms with Crippen LogP contribution in [0, 0.1) is 5.82 Å². The number of hydrogen-bond acceptors (Lipinski definition) is 1. The smallest absolute Gasteiger partial charge is 0.141 e. The fourth-order valence-corrected chi connectivity index (χ4v) is 1.26. The molecule has 0 fully saturated rings. The van der Waals surface area contributed by atoms with Crippen LogP contribution < -0.4 is 0 Å². The van der Waals surface area contributed by atoms with Gasteiger partial charge in [-0.15, -0.1) is 0 Å². The van der Waals surface area contributed by atoms with Crippen molar-refractivity contribution < 1.29 is 4.39 Å². The maximum atomic E-state index is 12.8. The van der Waals surface area contributed by atoms with Crippen molar-refractivity contribution in [3.63, 3.8) is 0 Å². The van der Waals surface area contributed by atoms with Gasteiger partial charge >= 0.3 is 0 Å². The first-order valence-electron chi connectivity index (χ1n) is 4.13. The zero-order valence-corrected chi connectivity index (χ0v) is 8.77. The maximum absolute atomic E-state index is 12.8. The van der Waals surface area contributed by atoms with Crippen LogP contribution in [0.15, 0.2) is 18.2 Å². The number of hydrogen-bond donors (Lipinski definition) is 0. The van der Waals surface area contributed by atoms with E-state index in [1.807, 2.05) is 25.9 Å². The van der Waals surface area contributed by atoms with Gasteiger partial charge in [-0.05, 0) is 38.7 Å². The van der Waals surface area contributed by atoms with Crippen LogP contribution in [0.2, 0.25) is 5.02 Å². The summed E-state index contributed by atoms with van der Waals surface area (Å²) in [5, 5.41) is 0.186. The largest absolute Gasteiger partial charge is 0.303 e. The highest BCUT2D eigenvalue weighted by Crippen LogP contribution is 2.22. The molecule has 0 N–H and O–H groups in total. The molecule has 0 spiro atoms. The molecule has 3 heteroatoms. The summed E-state index contributed by atoms with van der Waals surface area (Å²) in [6.45, 7) is 2.05. The van der Waals surface area contributed by atoms with Crippen molar-refractivity contribution >= 4 is 11.6 Å². The molecule has 0 aliphatic rings. The topological polar surface area (TPSA) is 3.24 Å². The van der Waals surface area contributed by atoms with E-state index in [1.54, 1.807) is 12.1 Å². The predicted octanol–water partition coefficient (Wildman–Crippen LogP) is 3.10. The third-order valence-electron chi connectivity index (χ3n) is 2.20. The Morgan fingerprint density at radius 3 is 2.46 bits per heavy atom. The zero-order chi connectivity index (χ0) is 10.0. The molecule has 0 heterocycles. The minimum Gasteiger partial charge on any atom is -0.303 e. The van der Waals surface area contributed by atoms with E-state index in [9.17, 15) is 4.39 Å². The monoisotopic (exact) mass is 201 g/mol. The lowest BCUT2D eigenvalue weighted by Gasteiger charge is -2.20. The summed E-state index contributed by atoms with van der Waals surface area (Å²) in [6.07, 6.45) is 0. The normalized spacial score (nSPS) is 13.4. The number of benzene rings is 1. The molecule has 0 saturated carbocycles. The lowest BCUT2D eigenvalue weighted by atomic mass is 10.1. The molecule has 1 nitrogen and oxygen atoms in total. The van der Waals surface area contributed by atoms with Crippen LogP contribution in [0.3, 0.4) is 0 Å². The Balaban J connectivity index is 2.97. The van der Waals surface area contributed by atoms with Gasteiger partial charge < -0.3 is 4.90 Å². The second kappa shape index (κ2) is 4.07. The Bertz CT molecular complexity index is 299. The van der Waals surface area contributed by atoms with E-state index >= 15 is 0 Å². The highest BCUT2D eigenvalue weighted by molar-refractivity contribution is 6.30. The van der Waals surface area contributed by atoms with Gasteiger partial charge in [-0.3, -0.25) is 0 Å². The van der Waals surface area contributed by atoms with Crippen molar-refractivity contribution in [2.75, 3.05) is 14.1 Å². The third-order valence-corrected chi connectivity index (χ3v) is 2.49. The van der Waals surface area contributed by atoms with Gasteiger partial charge in [-0.25, -0.2) is 4.39 Å². The standard InChI is InChI=1S/C10H13ClFN/c1-7(13(2)3)8-4-5-10(12)9(11)6-8/h4-7H,1-3H3/t7-/m1/s1. The van der Waals surface area contributed by atoms with E-state index in [1.165, 1.54) is 6.07 Å². The van der Waals surface area contributed by atoms with E-state index in [0.29, 0.717) is 0 Å². The van der Waals surface area contributed by atoms with Gasteiger partial charge in [0, 0.05) is 6.04 Å². The molecule has 13 heavy (non-hydrogen) atoms. The van der Waals surface area contributed by atoms with E-state index in [-0.39, 0.29) is 16.9 Å². The number of rotatable bonds is 2. The van der Waals surface area contributed by atoms with Crippen LogP contribution in [0.5, 0.6) is 0 Å². The molecule has 1 aromatic carbocycles. The summed E-state index contributed by atoms with van der Waals surface area (Å²) >= 11 is 5.67. The molecular weight excluding hydrogens is 189 g/mol. The first kappa shape index (κ1) is 10.5. The summed E-state index contributed by atoms with van der Waals surface area (Å²) in [6, 6.07) is 5.07. The molecule has 0 aliphatic heterocycles. The van der Waals surface area contributed by atoms with Crippen LogP contribution in [-0.4, -0.2) is 19.0 Å². The molecule has 0 aliphatic carbocycles. The van der Waals surface area contributed by atoms with Crippen molar-refractivity contribution in [2.45, 2.75) is 13.0 Å². The molecule has 0 radical (unpaired) electrons. The number of nitrogens with zero attached hydrogens (tertiary/aromatic N) is 1. The molecule has 0 aromatic heterocycles. The lowest BCUT2D eigenvalue weighted by molar-refractivity contribution is 0.321. The van der Waals surface area contributed by atoms with Gasteiger partial charge in [0.15, 0.2) is 0 Å². The summed E-state index contributed by atoms with van der Waals surface area (Å²) in [4.78, 5) is 2.05. The van der Waals surface area contributed by atoms with Gasteiger partial charge in [-0.2, -0.15) is 0 Å². The van der Waals surface area contributed by atoms with Crippen molar-refractivity contribution in [2.24, 2.45) is 0 Å². The molecule has 0 unspecified atom stereocenters. The van der Waals surface area contributed by atoms with E-state index in [0.717, 1.165) is 5.56 Å². The molecule has 1 atom stereocenters. The van der Waals surface area contributed by atoms with Crippen LogP contribution in [0.4, 0.5) is 4.39 Å². The fourth-order valence-electron chi connectivity index (χ4n) is 1.07. The molecular formula is C10H13ClFN. The first-order chi connectivity index (χ1) is 6.02. The Labute approximate surface area is 83.1 Å². The highest BCUT2D eigenvalue weighted by atomic mass is 35.5. The predicted molar refractivity (Wildman–Crippen MR) is 53.5 cm³/mol. The third kappa shape index (κ3) is 2.42. The second-order valence-corrected chi connectivity index (χ2v) is 3.72. The average Bonchev–Trinajstić information content (AvgIpc) is 2.08. The van der Waals surface area contributed by atoms with Gasteiger partial charge in [0.05, 0.1) is 5.02 Å². The maximum Gasteiger partial charge on any atom is 0.141 e. The molecule has 72 valence electrons. The summed E-state index contributed by atoms with van der Waals surface area (Å²) < 4.78 is 12.8. The summed E-state index contributed by atoms with van der Waals surface area (Å²) in [5.74, 6) is -0.364. The van der Waals surface area contributed by atoms with Gasteiger partial charge in [0.1, 0.15) is 5.82 Å². The highest BCUT2D eigenvalue weighted by Gasteiger charge is 2.09. The van der Waals surface area contributed by atoms with Crippen LogP contribution in [0.25, 0.3) is 0 Å². The molecule has 1 aromatic rings. The second-order valence-electron chi connectivity index (χ2n) is 3.31. The van der Waals surface area contributed by atoms with E-state index in [4.69, 9.17) is 11.6 Å². The van der Waals surface area contributed by atoms with Crippen molar-refractivity contribution in [3.8, 4) is 0 Å².